The highest BCUT2D eigenvalue weighted by Gasteiger charge is 2.27. The molecule has 0 bridgehead atoms. The van der Waals surface area contributed by atoms with Crippen molar-refractivity contribution in [2.75, 3.05) is 0 Å². The predicted octanol–water partition coefficient (Wildman–Crippen LogP) is 5.41. The Morgan fingerprint density at radius 1 is 1.08 bits per heavy atom. The van der Waals surface area contributed by atoms with E-state index < -0.39 is 18.0 Å². The molecule has 0 radical (unpaired) electrons. The lowest BCUT2D eigenvalue weighted by molar-refractivity contribution is 0.0904. The lowest BCUT2D eigenvalue weighted by atomic mass is 9.85. The zero-order valence-electron chi connectivity index (χ0n) is 20.8. The van der Waals surface area contributed by atoms with Crippen LogP contribution in [0.2, 0.25) is 5.02 Å². The van der Waals surface area contributed by atoms with Gasteiger partial charge >= 0.3 is 5.69 Å². The van der Waals surface area contributed by atoms with Crippen molar-refractivity contribution in [3.8, 4) is 5.69 Å². The van der Waals surface area contributed by atoms with Crippen molar-refractivity contribution in [3.63, 3.8) is 0 Å². The van der Waals surface area contributed by atoms with Crippen molar-refractivity contribution in [3.05, 3.63) is 94.1 Å². The molecule has 1 aliphatic carbocycles. The molecule has 200 valence electrons. The number of halogens is 3. The minimum atomic E-state index is -2.87. The van der Waals surface area contributed by atoms with Gasteiger partial charge in [-0.15, -0.1) is 0 Å². The van der Waals surface area contributed by atoms with Crippen molar-refractivity contribution >= 4 is 34.1 Å². The fourth-order valence-corrected chi connectivity index (χ4v) is 5.66. The Labute approximate surface area is 226 Å². The van der Waals surface area contributed by atoms with Crippen LogP contribution in [0, 0.1) is 5.92 Å². The third kappa shape index (κ3) is 4.80. The van der Waals surface area contributed by atoms with Gasteiger partial charge in [0.15, 0.2) is 0 Å². The first-order valence-electron chi connectivity index (χ1n) is 12.8. The number of fused-ring (bicyclic) bond motifs is 2. The summed E-state index contributed by atoms with van der Waals surface area (Å²) < 4.78 is 32.1. The van der Waals surface area contributed by atoms with Crippen LogP contribution in [0.15, 0.2) is 72.2 Å². The quantitative estimate of drug-likeness (QED) is 0.306. The lowest BCUT2D eigenvalue weighted by Gasteiger charge is -2.29. The number of carbonyl (C=O) groups is 1. The third-order valence-corrected chi connectivity index (χ3v) is 7.66. The van der Waals surface area contributed by atoms with Crippen molar-refractivity contribution in [1.82, 2.24) is 28.8 Å². The van der Waals surface area contributed by atoms with Gasteiger partial charge in [0.25, 0.3) is 12.3 Å². The predicted molar refractivity (Wildman–Crippen MR) is 144 cm³/mol. The maximum atomic E-state index is 13.7. The highest BCUT2D eigenvalue weighted by atomic mass is 35.5. The summed E-state index contributed by atoms with van der Waals surface area (Å²) in [5, 5.41) is 3.00. The summed E-state index contributed by atoms with van der Waals surface area (Å²) in [6.07, 6.45) is 6.52. The van der Waals surface area contributed by atoms with Crippen LogP contribution >= 0.6 is 11.6 Å². The van der Waals surface area contributed by atoms with Gasteiger partial charge in [-0.3, -0.25) is 18.9 Å². The molecule has 4 aromatic heterocycles. The van der Waals surface area contributed by atoms with Crippen LogP contribution in [0.4, 0.5) is 8.78 Å². The van der Waals surface area contributed by atoms with Crippen LogP contribution in [0.25, 0.3) is 22.2 Å². The zero-order chi connectivity index (χ0) is 27.1. The van der Waals surface area contributed by atoms with E-state index in [1.165, 1.54) is 6.07 Å². The number of alkyl halides is 2. The van der Waals surface area contributed by atoms with Crippen LogP contribution in [-0.2, 0) is 6.54 Å². The Kier molecular flexibility index (Phi) is 6.64. The van der Waals surface area contributed by atoms with E-state index in [4.69, 9.17) is 11.6 Å². The van der Waals surface area contributed by atoms with E-state index >= 15 is 0 Å². The highest BCUT2D eigenvalue weighted by molar-refractivity contribution is 6.30. The number of nitrogens with one attached hydrogen (secondary N) is 1. The molecule has 0 atom stereocenters. The summed E-state index contributed by atoms with van der Waals surface area (Å²) >= 11 is 5.90. The lowest BCUT2D eigenvalue weighted by Crippen LogP contribution is -2.39. The number of pyridine rings is 2. The molecular weight excluding hydrogens is 526 g/mol. The molecule has 5 aromatic rings. The first-order chi connectivity index (χ1) is 18.9. The number of carbonyl (C=O) groups excluding carboxylic acids is 1. The van der Waals surface area contributed by atoms with Crippen LogP contribution in [0.5, 0.6) is 0 Å². The SMILES string of the molecule is O=C(N[C@H]1CC[C@H](Cn2c(=O)n(-c3ccn4cncc4c3)c3ccccc32)CC1)c1cc(Cl)cnc1C(F)F. The molecule has 6 rings (SSSR count). The van der Waals surface area contributed by atoms with Crippen LogP contribution < -0.4 is 11.0 Å². The Bertz CT molecular complexity index is 1740. The number of hydrogen-bond donors (Lipinski definition) is 1. The molecule has 39 heavy (non-hydrogen) atoms. The Hall–Kier alpha value is -4.05. The molecule has 1 aliphatic rings. The van der Waals surface area contributed by atoms with Gasteiger partial charge in [-0.1, -0.05) is 23.7 Å². The summed E-state index contributed by atoms with van der Waals surface area (Å²) in [4.78, 5) is 34.2. The molecule has 8 nitrogen and oxygen atoms in total. The van der Waals surface area contributed by atoms with Gasteiger partial charge < -0.3 is 9.72 Å². The maximum Gasteiger partial charge on any atom is 0.333 e. The van der Waals surface area contributed by atoms with Crippen molar-refractivity contribution in [1.29, 1.82) is 0 Å². The standard InChI is InChI=1S/C28H25ClF2N6O2/c29-18-11-22(25(26(30)31)33-13-18)27(38)34-19-7-5-17(6-8-19)15-36-23-3-1-2-4-24(23)37(28(36)39)20-9-10-35-16-32-14-21(35)12-20/h1-4,9-14,16-17,19,26H,5-8,15H2,(H,34,38)/t17-,19-. The first-order valence-corrected chi connectivity index (χ1v) is 13.1. The fourth-order valence-electron chi connectivity index (χ4n) is 5.50. The van der Waals surface area contributed by atoms with Crippen LogP contribution in [0.1, 0.15) is 48.2 Å². The molecule has 1 amide bonds. The summed E-state index contributed by atoms with van der Waals surface area (Å²) in [6.45, 7) is 0.551. The largest absolute Gasteiger partial charge is 0.349 e. The molecule has 1 saturated carbocycles. The average molecular weight is 551 g/mol. The number of benzene rings is 1. The summed E-state index contributed by atoms with van der Waals surface area (Å²) in [6, 6.07) is 12.7. The molecule has 1 fully saturated rings. The summed E-state index contributed by atoms with van der Waals surface area (Å²) in [7, 11) is 0. The van der Waals surface area contributed by atoms with Crippen LogP contribution in [0.3, 0.4) is 0 Å². The minimum Gasteiger partial charge on any atom is -0.349 e. The highest BCUT2D eigenvalue weighted by Crippen LogP contribution is 2.29. The van der Waals surface area contributed by atoms with Crippen LogP contribution in [-0.4, -0.2) is 35.5 Å². The number of para-hydroxylation sites is 2. The Morgan fingerprint density at radius 2 is 1.85 bits per heavy atom. The molecule has 0 unspecified atom stereocenters. The summed E-state index contributed by atoms with van der Waals surface area (Å²) in [5.74, 6) is -0.366. The van der Waals surface area contributed by atoms with Gasteiger partial charge in [0.1, 0.15) is 5.69 Å². The number of nitrogens with zero attached hydrogens (tertiary/aromatic N) is 5. The van der Waals surface area contributed by atoms with Gasteiger partial charge in [-0.05, 0) is 61.9 Å². The average Bonchev–Trinajstić information content (AvgIpc) is 3.51. The van der Waals surface area contributed by atoms with E-state index in [2.05, 4.69) is 15.3 Å². The van der Waals surface area contributed by atoms with E-state index in [0.717, 1.165) is 41.3 Å². The van der Waals surface area contributed by atoms with Gasteiger partial charge in [0, 0.05) is 25.0 Å². The Balaban J connectivity index is 1.19. The third-order valence-electron chi connectivity index (χ3n) is 7.45. The smallest absolute Gasteiger partial charge is 0.333 e. The molecule has 0 saturated heterocycles. The molecule has 11 heteroatoms. The maximum absolute atomic E-state index is 13.7. The molecule has 4 heterocycles. The van der Waals surface area contributed by atoms with Gasteiger partial charge in [-0.25, -0.2) is 18.6 Å². The van der Waals surface area contributed by atoms with E-state index in [0.29, 0.717) is 19.4 Å². The molecular formula is C28H25ClF2N6O2. The number of imidazole rings is 2. The fraction of sp³-hybridized carbons (Fsp3) is 0.286. The number of amides is 1. The molecule has 0 aliphatic heterocycles. The normalized spacial score (nSPS) is 17.7. The number of hydrogen-bond acceptors (Lipinski definition) is 4. The van der Waals surface area contributed by atoms with E-state index in [1.54, 1.807) is 17.1 Å². The van der Waals surface area contributed by atoms with Gasteiger partial charge in [-0.2, -0.15) is 0 Å². The Morgan fingerprint density at radius 3 is 2.62 bits per heavy atom. The van der Waals surface area contributed by atoms with Crippen molar-refractivity contribution < 1.29 is 13.6 Å². The number of rotatable bonds is 6. The molecule has 0 spiro atoms. The monoisotopic (exact) mass is 550 g/mol. The second kappa shape index (κ2) is 10.3. The topological polar surface area (TPSA) is 86.2 Å². The van der Waals surface area contributed by atoms with E-state index in [1.807, 2.05) is 51.6 Å². The minimum absolute atomic E-state index is 0.108. The first kappa shape index (κ1) is 25.2. The second-order valence-corrected chi connectivity index (χ2v) is 10.3. The molecule has 1 aromatic carbocycles. The van der Waals surface area contributed by atoms with Crippen molar-refractivity contribution in [2.45, 2.75) is 44.7 Å². The number of aromatic nitrogens is 5. The zero-order valence-corrected chi connectivity index (χ0v) is 21.6. The second-order valence-electron chi connectivity index (χ2n) is 9.91. The van der Waals surface area contributed by atoms with E-state index in [9.17, 15) is 18.4 Å². The molecule has 1 N–H and O–H groups in total. The van der Waals surface area contributed by atoms with Crippen molar-refractivity contribution in [2.24, 2.45) is 5.92 Å². The van der Waals surface area contributed by atoms with Gasteiger partial charge in [0.2, 0.25) is 0 Å². The van der Waals surface area contributed by atoms with Gasteiger partial charge in [0.05, 0.1) is 45.3 Å². The summed E-state index contributed by atoms with van der Waals surface area (Å²) in [5.41, 5.74) is 2.47. The van der Waals surface area contributed by atoms with E-state index in [-0.39, 0.29) is 28.2 Å².